The second-order valence-corrected chi connectivity index (χ2v) is 10.5. The van der Waals surface area contributed by atoms with Crippen LogP contribution in [0.3, 0.4) is 0 Å². The Morgan fingerprint density at radius 1 is 0.939 bits per heavy atom. The van der Waals surface area contributed by atoms with Crippen LogP contribution in [0.5, 0.6) is 5.75 Å². The molecule has 0 bridgehead atoms. The van der Waals surface area contributed by atoms with Gasteiger partial charge in [0.15, 0.2) is 0 Å². The van der Waals surface area contributed by atoms with Gasteiger partial charge in [-0.15, -0.1) is 0 Å². The van der Waals surface area contributed by atoms with Crippen molar-refractivity contribution in [2.75, 3.05) is 19.4 Å². The standard InChI is InChI=1S/C26H43NO5S/c1-4-6-7-8-9-10-11-12-13-14-15-25(22-27-33(29,30)5-2)32-26(28)21-18-23-16-19-24(31-3)20-17-23/h16-21,25,27H,4-15,22H2,1-3H3. The Kier molecular flexibility index (Phi) is 15.6. The average molecular weight is 482 g/mol. The van der Waals surface area contributed by atoms with Gasteiger partial charge in [0.25, 0.3) is 0 Å². The third kappa shape index (κ3) is 14.8. The molecule has 0 amide bonds. The monoisotopic (exact) mass is 481 g/mol. The lowest BCUT2D eigenvalue weighted by Gasteiger charge is -2.17. The molecule has 0 saturated heterocycles. The van der Waals surface area contributed by atoms with Gasteiger partial charge in [-0.1, -0.05) is 76.8 Å². The van der Waals surface area contributed by atoms with Crippen LogP contribution in [0.1, 0.15) is 90.0 Å². The SMILES string of the molecule is CCCCCCCCCCCCC(CNS(=O)(=O)CC)OC(=O)C=Cc1ccc(OC)cc1. The maximum absolute atomic E-state index is 12.3. The van der Waals surface area contributed by atoms with Crippen molar-refractivity contribution in [2.24, 2.45) is 0 Å². The van der Waals surface area contributed by atoms with Crippen molar-refractivity contribution in [1.29, 1.82) is 0 Å². The van der Waals surface area contributed by atoms with Gasteiger partial charge >= 0.3 is 5.97 Å². The van der Waals surface area contributed by atoms with Crippen LogP contribution in [-0.4, -0.2) is 39.9 Å². The van der Waals surface area contributed by atoms with E-state index >= 15 is 0 Å². The van der Waals surface area contributed by atoms with Crippen LogP contribution in [-0.2, 0) is 19.6 Å². The van der Waals surface area contributed by atoms with Gasteiger partial charge in [-0.3, -0.25) is 0 Å². The Balaban J connectivity index is 2.44. The number of hydrogen-bond acceptors (Lipinski definition) is 5. The van der Waals surface area contributed by atoms with Crippen molar-refractivity contribution in [3.8, 4) is 5.75 Å². The molecule has 0 fully saturated rings. The van der Waals surface area contributed by atoms with E-state index in [-0.39, 0.29) is 12.3 Å². The number of carbonyl (C=O) groups is 1. The number of rotatable bonds is 19. The number of sulfonamides is 1. The van der Waals surface area contributed by atoms with Crippen LogP contribution in [0.15, 0.2) is 30.3 Å². The molecule has 188 valence electrons. The molecule has 0 aromatic heterocycles. The summed E-state index contributed by atoms with van der Waals surface area (Å²) in [6.45, 7) is 3.92. The fraction of sp³-hybridized carbons (Fsp3) is 0.654. The molecule has 0 aliphatic heterocycles. The first-order valence-electron chi connectivity index (χ1n) is 12.4. The van der Waals surface area contributed by atoms with Crippen LogP contribution < -0.4 is 9.46 Å². The lowest BCUT2D eigenvalue weighted by molar-refractivity contribution is -0.142. The first-order valence-corrected chi connectivity index (χ1v) is 14.1. The number of benzene rings is 1. The number of unbranched alkanes of at least 4 members (excludes halogenated alkanes) is 9. The number of ether oxygens (including phenoxy) is 2. The molecule has 6 nitrogen and oxygen atoms in total. The molecule has 1 N–H and O–H groups in total. The van der Waals surface area contributed by atoms with Crippen molar-refractivity contribution < 1.29 is 22.7 Å². The summed E-state index contributed by atoms with van der Waals surface area (Å²) >= 11 is 0. The minimum absolute atomic E-state index is 0.00327. The summed E-state index contributed by atoms with van der Waals surface area (Å²) in [6.07, 6.45) is 15.4. The zero-order valence-corrected chi connectivity index (χ0v) is 21.5. The minimum Gasteiger partial charge on any atom is -0.497 e. The van der Waals surface area contributed by atoms with E-state index < -0.39 is 22.1 Å². The predicted molar refractivity (Wildman–Crippen MR) is 136 cm³/mol. The number of methoxy groups -OCH3 is 1. The molecule has 1 aromatic rings. The van der Waals surface area contributed by atoms with E-state index in [1.54, 1.807) is 20.1 Å². The van der Waals surface area contributed by atoms with Gasteiger partial charge in [0, 0.05) is 12.6 Å². The van der Waals surface area contributed by atoms with Crippen molar-refractivity contribution in [1.82, 2.24) is 4.72 Å². The van der Waals surface area contributed by atoms with E-state index in [0.717, 1.165) is 30.6 Å². The Morgan fingerprint density at radius 3 is 2.06 bits per heavy atom. The highest BCUT2D eigenvalue weighted by atomic mass is 32.2. The summed E-state index contributed by atoms with van der Waals surface area (Å²) in [5, 5.41) is 0. The van der Waals surface area contributed by atoms with Crippen LogP contribution in [0.2, 0.25) is 0 Å². The maximum atomic E-state index is 12.3. The topological polar surface area (TPSA) is 81.7 Å². The third-order valence-electron chi connectivity index (χ3n) is 5.60. The summed E-state index contributed by atoms with van der Waals surface area (Å²) in [7, 11) is -1.73. The van der Waals surface area contributed by atoms with Gasteiger partial charge < -0.3 is 9.47 Å². The zero-order valence-electron chi connectivity index (χ0n) is 20.7. The van der Waals surface area contributed by atoms with E-state index in [4.69, 9.17) is 9.47 Å². The van der Waals surface area contributed by atoms with E-state index in [0.29, 0.717) is 6.42 Å². The fourth-order valence-corrected chi connectivity index (χ4v) is 4.11. The molecular formula is C26H43NO5S. The molecule has 1 aromatic carbocycles. The summed E-state index contributed by atoms with van der Waals surface area (Å²) < 4.78 is 36.9. The molecule has 7 heteroatoms. The van der Waals surface area contributed by atoms with Gasteiger partial charge in [-0.05, 0) is 43.5 Å². The number of esters is 1. The van der Waals surface area contributed by atoms with Crippen molar-refractivity contribution in [2.45, 2.75) is 90.6 Å². The van der Waals surface area contributed by atoms with E-state index in [1.807, 2.05) is 24.3 Å². The summed E-state index contributed by atoms with van der Waals surface area (Å²) in [6, 6.07) is 7.33. The largest absolute Gasteiger partial charge is 0.497 e. The maximum Gasteiger partial charge on any atom is 0.331 e. The molecule has 1 unspecified atom stereocenters. The van der Waals surface area contributed by atoms with Crippen molar-refractivity contribution in [3.63, 3.8) is 0 Å². The van der Waals surface area contributed by atoms with E-state index in [2.05, 4.69) is 11.6 Å². The minimum atomic E-state index is -3.34. The smallest absolute Gasteiger partial charge is 0.331 e. The fourth-order valence-electron chi connectivity index (χ4n) is 3.47. The van der Waals surface area contributed by atoms with Gasteiger partial charge in [0.05, 0.1) is 12.9 Å². The molecule has 0 spiro atoms. The molecule has 0 aliphatic carbocycles. The lowest BCUT2D eigenvalue weighted by Crippen LogP contribution is -2.35. The van der Waals surface area contributed by atoms with Gasteiger partial charge in [-0.25, -0.2) is 17.9 Å². The van der Waals surface area contributed by atoms with Gasteiger partial charge in [-0.2, -0.15) is 0 Å². The Hall–Kier alpha value is -1.86. The molecule has 1 atom stereocenters. The van der Waals surface area contributed by atoms with Crippen molar-refractivity contribution >= 4 is 22.1 Å². The highest BCUT2D eigenvalue weighted by Crippen LogP contribution is 2.14. The quantitative estimate of drug-likeness (QED) is 0.152. The Morgan fingerprint density at radius 2 is 1.52 bits per heavy atom. The highest BCUT2D eigenvalue weighted by Gasteiger charge is 2.16. The third-order valence-corrected chi connectivity index (χ3v) is 6.97. The Labute approximate surface area is 201 Å². The Bertz CT molecular complexity index is 774. The van der Waals surface area contributed by atoms with E-state index in [1.165, 1.54) is 51.0 Å². The summed E-state index contributed by atoms with van der Waals surface area (Å²) in [4.78, 5) is 12.3. The van der Waals surface area contributed by atoms with Gasteiger partial charge in [0.2, 0.25) is 10.0 Å². The number of hydrogen-bond donors (Lipinski definition) is 1. The molecule has 0 radical (unpaired) electrons. The zero-order chi connectivity index (χ0) is 24.4. The molecule has 0 heterocycles. The van der Waals surface area contributed by atoms with E-state index in [9.17, 15) is 13.2 Å². The van der Waals surface area contributed by atoms with Gasteiger partial charge in [0.1, 0.15) is 11.9 Å². The van der Waals surface area contributed by atoms with Crippen LogP contribution >= 0.6 is 0 Å². The first kappa shape index (κ1) is 29.2. The first-order chi connectivity index (χ1) is 15.9. The second kappa shape index (κ2) is 17.6. The summed E-state index contributed by atoms with van der Waals surface area (Å²) in [5.41, 5.74) is 0.852. The van der Waals surface area contributed by atoms with Crippen LogP contribution in [0.4, 0.5) is 0 Å². The van der Waals surface area contributed by atoms with Crippen LogP contribution in [0.25, 0.3) is 6.08 Å². The molecular weight excluding hydrogens is 438 g/mol. The lowest BCUT2D eigenvalue weighted by atomic mass is 10.0. The molecule has 33 heavy (non-hydrogen) atoms. The highest BCUT2D eigenvalue weighted by molar-refractivity contribution is 7.89. The molecule has 1 rings (SSSR count). The number of nitrogens with one attached hydrogen (secondary N) is 1. The number of carbonyl (C=O) groups excluding carboxylic acids is 1. The van der Waals surface area contributed by atoms with Crippen molar-refractivity contribution in [3.05, 3.63) is 35.9 Å². The normalized spacial score (nSPS) is 12.7. The predicted octanol–water partition coefficient (Wildman–Crippen LogP) is 5.87. The second-order valence-electron chi connectivity index (χ2n) is 8.39. The molecule has 0 aliphatic rings. The molecule has 0 saturated carbocycles. The average Bonchev–Trinajstić information content (AvgIpc) is 2.82. The summed E-state index contributed by atoms with van der Waals surface area (Å²) in [5.74, 6) is 0.275. The van der Waals surface area contributed by atoms with Crippen LogP contribution in [0, 0.1) is 0 Å².